The lowest BCUT2D eigenvalue weighted by molar-refractivity contribution is -0.151. The fraction of sp³-hybridized carbons (Fsp3) is 0.542. The number of aliphatic carboxylic acids is 2. The van der Waals surface area contributed by atoms with Crippen LogP contribution in [-0.2, 0) is 20.8 Å². The molecule has 2 fully saturated rings. The molecule has 5 atom stereocenters. The van der Waals surface area contributed by atoms with Crippen molar-refractivity contribution in [1.82, 2.24) is 15.2 Å². The van der Waals surface area contributed by atoms with E-state index in [1.807, 2.05) is 30.5 Å². The van der Waals surface area contributed by atoms with E-state index in [2.05, 4.69) is 10.3 Å². The van der Waals surface area contributed by atoms with E-state index in [-0.39, 0.29) is 17.9 Å². The molecule has 172 valence electrons. The largest absolute Gasteiger partial charge is 0.480 e. The quantitative estimate of drug-likeness (QED) is 0.500. The van der Waals surface area contributed by atoms with Gasteiger partial charge in [-0.25, -0.2) is 4.79 Å². The van der Waals surface area contributed by atoms with Crippen LogP contribution in [0.2, 0.25) is 0 Å². The zero-order chi connectivity index (χ0) is 22.8. The summed E-state index contributed by atoms with van der Waals surface area (Å²) in [5.41, 5.74) is 2.03. The molecule has 2 aromatic rings. The summed E-state index contributed by atoms with van der Waals surface area (Å²) in [6, 6.07) is 5.29. The summed E-state index contributed by atoms with van der Waals surface area (Å²) in [6.07, 6.45) is 7.06. The maximum Gasteiger partial charge on any atom is 0.326 e. The standard InChI is InChI=1S/C24H31N3O5/c1-14(22(28)27-20-9-5-2-6-15(20)12-21(27)24(31)32)26-19(23(29)30)11-10-16-13-25-18-8-4-3-7-17(16)18/h3-4,7-8,13-15,19-21,25-26H,2,5-6,9-12H2,1H3,(H,29,30)(H,31,32)/t14-,15?,19?,20?,21?/m0/s1. The Morgan fingerprint density at radius 2 is 1.94 bits per heavy atom. The number of aromatic nitrogens is 1. The first-order valence-electron chi connectivity index (χ1n) is 11.5. The second-order valence-corrected chi connectivity index (χ2v) is 9.12. The molecular weight excluding hydrogens is 410 g/mol. The fourth-order valence-electron chi connectivity index (χ4n) is 5.51. The van der Waals surface area contributed by atoms with Gasteiger partial charge in [0.05, 0.1) is 6.04 Å². The second kappa shape index (κ2) is 9.32. The summed E-state index contributed by atoms with van der Waals surface area (Å²) in [5.74, 6) is -2.09. The molecule has 4 rings (SSSR count). The molecule has 1 aliphatic heterocycles. The summed E-state index contributed by atoms with van der Waals surface area (Å²) in [7, 11) is 0. The number of para-hydroxylation sites is 1. The van der Waals surface area contributed by atoms with E-state index in [0.29, 0.717) is 19.3 Å². The van der Waals surface area contributed by atoms with Crippen LogP contribution in [0, 0.1) is 5.92 Å². The molecule has 1 aliphatic carbocycles. The lowest BCUT2D eigenvalue weighted by Gasteiger charge is -2.35. The Labute approximate surface area is 187 Å². The minimum Gasteiger partial charge on any atom is -0.480 e. The third-order valence-corrected chi connectivity index (χ3v) is 7.12. The zero-order valence-corrected chi connectivity index (χ0v) is 18.3. The van der Waals surface area contributed by atoms with Crippen LogP contribution in [0.3, 0.4) is 0 Å². The number of nitrogens with zero attached hydrogens (tertiary/aromatic N) is 1. The van der Waals surface area contributed by atoms with Crippen molar-refractivity contribution in [1.29, 1.82) is 0 Å². The first-order valence-corrected chi connectivity index (χ1v) is 11.5. The predicted octanol–water partition coefficient (Wildman–Crippen LogP) is 2.78. The van der Waals surface area contributed by atoms with Crippen LogP contribution in [0.15, 0.2) is 30.5 Å². The molecule has 4 unspecified atom stereocenters. The minimum atomic E-state index is -1.02. The highest BCUT2D eigenvalue weighted by Gasteiger charge is 2.48. The van der Waals surface area contributed by atoms with Crippen LogP contribution >= 0.6 is 0 Å². The third-order valence-electron chi connectivity index (χ3n) is 7.12. The number of benzene rings is 1. The molecule has 4 N–H and O–H groups in total. The Morgan fingerprint density at radius 1 is 1.19 bits per heavy atom. The number of carbonyl (C=O) groups is 3. The van der Waals surface area contributed by atoms with Crippen molar-refractivity contribution >= 4 is 28.7 Å². The summed E-state index contributed by atoms with van der Waals surface area (Å²) >= 11 is 0. The molecule has 1 saturated carbocycles. The molecule has 2 heterocycles. The maximum absolute atomic E-state index is 13.3. The van der Waals surface area contributed by atoms with Crippen molar-refractivity contribution < 1.29 is 24.6 Å². The number of nitrogens with one attached hydrogen (secondary N) is 2. The molecule has 0 bridgehead atoms. The molecule has 32 heavy (non-hydrogen) atoms. The van der Waals surface area contributed by atoms with Crippen molar-refractivity contribution in [2.45, 2.75) is 76.0 Å². The third kappa shape index (κ3) is 4.37. The summed E-state index contributed by atoms with van der Waals surface area (Å²) in [4.78, 5) is 41.8. The minimum absolute atomic E-state index is 0.0592. The smallest absolute Gasteiger partial charge is 0.326 e. The molecule has 1 aromatic carbocycles. The van der Waals surface area contributed by atoms with Crippen molar-refractivity contribution in [3.63, 3.8) is 0 Å². The molecule has 8 heteroatoms. The number of aryl methyl sites for hydroxylation is 1. The lowest BCUT2D eigenvalue weighted by Crippen LogP contribution is -2.55. The fourth-order valence-corrected chi connectivity index (χ4v) is 5.51. The SMILES string of the molecule is C[C@H](NC(CCc1c[nH]c2ccccc12)C(=O)O)C(=O)N1C(C(=O)O)CC2CCCCC21. The van der Waals surface area contributed by atoms with Gasteiger partial charge in [0.1, 0.15) is 12.1 Å². The molecular formula is C24H31N3O5. The number of amides is 1. The Bertz CT molecular complexity index is 1000. The normalized spacial score (nSPS) is 24.8. The van der Waals surface area contributed by atoms with Crippen LogP contribution in [-0.4, -0.2) is 62.1 Å². The van der Waals surface area contributed by atoms with Crippen LogP contribution in [0.5, 0.6) is 0 Å². The van der Waals surface area contributed by atoms with Crippen LogP contribution < -0.4 is 5.32 Å². The van der Waals surface area contributed by atoms with Gasteiger partial charge in [-0.05, 0) is 56.6 Å². The van der Waals surface area contributed by atoms with Crippen LogP contribution in [0.4, 0.5) is 0 Å². The number of carboxylic acid groups (broad SMARTS) is 2. The molecule has 8 nitrogen and oxygen atoms in total. The topological polar surface area (TPSA) is 123 Å². The number of carboxylic acids is 2. The van der Waals surface area contributed by atoms with Gasteiger partial charge in [-0.3, -0.25) is 14.9 Å². The van der Waals surface area contributed by atoms with Gasteiger partial charge in [0, 0.05) is 23.1 Å². The van der Waals surface area contributed by atoms with E-state index in [1.54, 1.807) is 6.92 Å². The average Bonchev–Trinajstić information content (AvgIpc) is 3.37. The summed E-state index contributed by atoms with van der Waals surface area (Å²) in [6.45, 7) is 1.64. The average molecular weight is 442 g/mol. The predicted molar refractivity (Wildman–Crippen MR) is 119 cm³/mol. The van der Waals surface area contributed by atoms with Gasteiger partial charge in [-0.2, -0.15) is 0 Å². The number of likely N-dealkylation sites (tertiary alicyclic amines) is 1. The molecule has 1 amide bonds. The molecule has 2 aliphatic rings. The number of aromatic amines is 1. The highest BCUT2D eigenvalue weighted by molar-refractivity contribution is 5.88. The van der Waals surface area contributed by atoms with Gasteiger partial charge < -0.3 is 20.1 Å². The van der Waals surface area contributed by atoms with Gasteiger partial charge >= 0.3 is 11.9 Å². The number of H-pyrrole nitrogens is 1. The Balaban J connectivity index is 1.43. The Kier molecular flexibility index (Phi) is 6.50. The zero-order valence-electron chi connectivity index (χ0n) is 18.3. The van der Waals surface area contributed by atoms with E-state index < -0.39 is 30.1 Å². The van der Waals surface area contributed by atoms with Gasteiger partial charge in [0.25, 0.3) is 0 Å². The van der Waals surface area contributed by atoms with Gasteiger partial charge in [0.2, 0.25) is 5.91 Å². The summed E-state index contributed by atoms with van der Waals surface area (Å²) < 4.78 is 0. The molecule has 1 saturated heterocycles. The van der Waals surface area contributed by atoms with Crippen LogP contribution in [0.1, 0.15) is 51.0 Å². The Hall–Kier alpha value is -2.87. The number of rotatable bonds is 8. The van der Waals surface area contributed by atoms with Crippen molar-refractivity contribution in [3.8, 4) is 0 Å². The number of fused-ring (bicyclic) bond motifs is 2. The van der Waals surface area contributed by atoms with Gasteiger partial charge in [-0.15, -0.1) is 0 Å². The van der Waals surface area contributed by atoms with Crippen molar-refractivity contribution in [2.24, 2.45) is 5.92 Å². The van der Waals surface area contributed by atoms with E-state index in [0.717, 1.165) is 42.1 Å². The van der Waals surface area contributed by atoms with Crippen molar-refractivity contribution in [3.05, 3.63) is 36.0 Å². The second-order valence-electron chi connectivity index (χ2n) is 9.12. The van der Waals surface area contributed by atoms with Gasteiger partial charge in [0.15, 0.2) is 0 Å². The number of carbonyl (C=O) groups excluding carboxylic acids is 1. The van der Waals surface area contributed by atoms with Gasteiger partial charge in [-0.1, -0.05) is 31.0 Å². The van der Waals surface area contributed by atoms with E-state index >= 15 is 0 Å². The molecule has 0 radical (unpaired) electrons. The van der Waals surface area contributed by atoms with E-state index in [9.17, 15) is 24.6 Å². The van der Waals surface area contributed by atoms with E-state index in [4.69, 9.17) is 0 Å². The van der Waals surface area contributed by atoms with Crippen LogP contribution in [0.25, 0.3) is 10.9 Å². The monoisotopic (exact) mass is 441 g/mol. The first kappa shape index (κ1) is 22.3. The van der Waals surface area contributed by atoms with E-state index in [1.165, 1.54) is 4.90 Å². The first-order chi connectivity index (χ1) is 15.4. The highest BCUT2D eigenvalue weighted by atomic mass is 16.4. The molecule has 1 aromatic heterocycles. The summed E-state index contributed by atoms with van der Waals surface area (Å²) in [5, 5.41) is 23.5. The lowest BCUT2D eigenvalue weighted by atomic mass is 9.84. The number of hydrogen-bond acceptors (Lipinski definition) is 4. The maximum atomic E-state index is 13.3. The van der Waals surface area contributed by atoms with Crippen molar-refractivity contribution in [2.75, 3.05) is 0 Å². The highest BCUT2D eigenvalue weighted by Crippen LogP contribution is 2.40. The Morgan fingerprint density at radius 3 is 2.69 bits per heavy atom. The molecule has 0 spiro atoms. The number of hydrogen-bond donors (Lipinski definition) is 4.